The van der Waals surface area contributed by atoms with Gasteiger partial charge in [0.1, 0.15) is 5.82 Å². The van der Waals surface area contributed by atoms with E-state index in [0.717, 1.165) is 6.42 Å². The summed E-state index contributed by atoms with van der Waals surface area (Å²) < 4.78 is 12.7. The number of rotatable bonds is 5. The normalized spacial score (nSPS) is 14.9. The first-order valence-corrected chi connectivity index (χ1v) is 6.83. The van der Waals surface area contributed by atoms with Crippen molar-refractivity contribution >= 4 is 17.5 Å². The number of nitrogens with one attached hydrogen (secondary N) is 2. The van der Waals surface area contributed by atoms with Gasteiger partial charge in [0.2, 0.25) is 0 Å². The largest absolute Gasteiger partial charge is 0.388 e. The van der Waals surface area contributed by atoms with Crippen LogP contribution in [0.5, 0.6) is 0 Å². The molecule has 3 N–H and O–H groups in total. The van der Waals surface area contributed by atoms with Crippen LogP contribution >= 0.6 is 0 Å². The molecule has 0 bridgehead atoms. The summed E-state index contributed by atoms with van der Waals surface area (Å²) in [6.45, 7) is 5.39. The van der Waals surface area contributed by atoms with Crippen molar-refractivity contribution in [1.82, 2.24) is 5.32 Å². The molecule has 1 aromatic rings. The molecular formula is C15H21FN2O3. The first-order valence-electron chi connectivity index (χ1n) is 6.83. The van der Waals surface area contributed by atoms with Crippen LogP contribution in [0.15, 0.2) is 24.3 Å². The summed E-state index contributed by atoms with van der Waals surface area (Å²) >= 11 is 0. The highest BCUT2D eigenvalue weighted by Crippen LogP contribution is 2.18. The molecule has 1 aromatic carbocycles. The fourth-order valence-corrected chi connectivity index (χ4v) is 1.67. The molecule has 2 atom stereocenters. The van der Waals surface area contributed by atoms with Crippen molar-refractivity contribution in [3.8, 4) is 0 Å². The minimum absolute atomic E-state index is 0.0158. The van der Waals surface area contributed by atoms with Gasteiger partial charge in [-0.3, -0.25) is 9.59 Å². The molecule has 0 spiro atoms. The zero-order valence-corrected chi connectivity index (χ0v) is 12.4. The van der Waals surface area contributed by atoms with Crippen molar-refractivity contribution in [2.45, 2.75) is 32.8 Å². The smallest absolute Gasteiger partial charge is 0.313 e. The summed E-state index contributed by atoms with van der Waals surface area (Å²) in [6.07, 6.45) is 0.755. The number of amides is 2. The second-order valence-electron chi connectivity index (χ2n) is 5.31. The molecule has 1 rings (SSSR count). The van der Waals surface area contributed by atoms with Crippen LogP contribution in [-0.4, -0.2) is 29.1 Å². The molecule has 116 valence electrons. The Kier molecular flexibility index (Phi) is 5.84. The summed E-state index contributed by atoms with van der Waals surface area (Å²) in [5, 5.41) is 14.9. The lowest BCUT2D eigenvalue weighted by Gasteiger charge is -2.29. The summed E-state index contributed by atoms with van der Waals surface area (Å²) in [6, 6.07) is 5.08. The molecule has 2 amide bonds. The lowest BCUT2D eigenvalue weighted by Crippen LogP contribution is -2.47. The van der Waals surface area contributed by atoms with E-state index in [0.29, 0.717) is 5.69 Å². The molecule has 5 nitrogen and oxygen atoms in total. The predicted octanol–water partition coefficient (Wildman–Crippen LogP) is 1.68. The Bertz CT molecular complexity index is 500. The van der Waals surface area contributed by atoms with Gasteiger partial charge in [0.15, 0.2) is 0 Å². The molecule has 0 saturated heterocycles. The summed E-state index contributed by atoms with van der Waals surface area (Å²) in [4.78, 5) is 23.3. The molecule has 6 heteroatoms. The SMILES string of the molecule is CC[C@@H](C)[C@@](C)(O)CNC(=O)C(=O)Nc1ccc(F)cc1. The molecule has 0 saturated carbocycles. The average molecular weight is 296 g/mol. The number of carbonyl (C=O) groups is 2. The third kappa shape index (κ3) is 5.15. The number of anilines is 1. The molecule has 0 unspecified atom stereocenters. The van der Waals surface area contributed by atoms with Gasteiger partial charge < -0.3 is 15.7 Å². The Morgan fingerprint density at radius 1 is 1.29 bits per heavy atom. The third-order valence-corrected chi connectivity index (χ3v) is 3.59. The second-order valence-corrected chi connectivity index (χ2v) is 5.31. The maximum Gasteiger partial charge on any atom is 0.313 e. The van der Waals surface area contributed by atoms with E-state index in [1.165, 1.54) is 24.3 Å². The van der Waals surface area contributed by atoms with E-state index >= 15 is 0 Å². The fraction of sp³-hybridized carbons (Fsp3) is 0.467. The predicted molar refractivity (Wildman–Crippen MR) is 78.1 cm³/mol. The third-order valence-electron chi connectivity index (χ3n) is 3.59. The van der Waals surface area contributed by atoms with Crippen molar-refractivity contribution in [2.75, 3.05) is 11.9 Å². The first-order chi connectivity index (χ1) is 9.76. The Morgan fingerprint density at radius 3 is 2.38 bits per heavy atom. The molecule has 21 heavy (non-hydrogen) atoms. The monoisotopic (exact) mass is 296 g/mol. The van der Waals surface area contributed by atoms with Crippen molar-refractivity contribution in [1.29, 1.82) is 0 Å². The number of hydrogen-bond acceptors (Lipinski definition) is 3. The van der Waals surface area contributed by atoms with Crippen LogP contribution in [0.4, 0.5) is 10.1 Å². The zero-order chi connectivity index (χ0) is 16.0. The van der Waals surface area contributed by atoms with E-state index in [9.17, 15) is 19.1 Å². The second kappa shape index (κ2) is 7.17. The van der Waals surface area contributed by atoms with Gasteiger partial charge in [0.25, 0.3) is 0 Å². The highest BCUT2D eigenvalue weighted by atomic mass is 19.1. The number of benzene rings is 1. The van der Waals surface area contributed by atoms with Crippen LogP contribution in [-0.2, 0) is 9.59 Å². The minimum Gasteiger partial charge on any atom is -0.388 e. The van der Waals surface area contributed by atoms with Crippen LogP contribution in [0.3, 0.4) is 0 Å². The van der Waals surface area contributed by atoms with E-state index in [-0.39, 0.29) is 12.5 Å². The maximum atomic E-state index is 12.7. The average Bonchev–Trinajstić information content (AvgIpc) is 2.46. The van der Waals surface area contributed by atoms with E-state index in [1.54, 1.807) is 6.92 Å². The Balaban J connectivity index is 2.52. The quantitative estimate of drug-likeness (QED) is 0.723. The van der Waals surface area contributed by atoms with Crippen LogP contribution in [0.1, 0.15) is 27.2 Å². The van der Waals surface area contributed by atoms with Crippen LogP contribution in [0.25, 0.3) is 0 Å². The van der Waals surface area contributed by atoms with Gasteiger partial charge in [-0.2, -0.15) is 0 Å². The first kappa shape index (κ1) is 17.1. The van der Waals surface area contributed by atoms with Crippen molar-refractivity contribution in [2.24, 2.45) is 5.92 Å². The van der Waals surface area contributed by atoms with Crippen molar-refractivity contribution in [3.63, 3.8) is 0 Å². The Morgan fingerprint density at radius 2 is 1.86 bits per heavy atom. The maximum absolute atomic E-state index is 12.7. The molecule has 0 aliphatic carbocycles. The molecule has 0 radical (unpaired) electrons. The van der Waals surface area contributed by atoms with E-state index in [4.69, 9.17) is 0 Å². The topological polar surface area (TPSA) is 78.4 Å². The van der Waals surface area contributed by atoms with Gasteiger partial charge in [-0.25, -0.2) is 4.39 Å². The molecule has 0 aromatic heterocycles. The van der Waals surface area contributed by atoms with Gasteiger partial charge in [0.05, 0.1) is 5.60 Å². The van der Waals surface area contributed by atoms with Crippen LogP contribution in [0.2, 0.25) is 0 Å². The lowest BCUT2D eigenvalue weighted by molar-refractivity contribution is -0.137. The minimum atomic E-state index is -1.08. The van der Waals surface area contributed by atoms with E-state index in [2.05, 4.69) is 10.6 Å². The molecule has 0 aliphatic heterocycles. The molecule has 0 heterocycles. The standard InChI is InChI=1S/C15H21FN2O3/c1-4-10(2)15(3,21)9-17-13(19)14(20)18-12-7-5-11(16)6-8-12/h5-8,10,21H,4,9H2,1-3H3,(H,17,19)(H,18,20)/t10-,15+/m1/s1. The fourth-order valence-electron chi connectivity index (χ4n) is 1.67. The van der Waals surface area contributed by atoms with Crippen molar-refractivity contribution < 1.29 is 19.1 Å². The molecule has 0 aliphatic rings. The van der Waals surface area contributed by atoms with Gasteiger partial charge in [-0.05, 0) is 37.1 Å². The highest BCUT2D eigenvalue weighted by molar-refractivity contribution is 6.39. The zero-order valence-electron chi connectivity index (χ0n) is 12.4. The summed E-state index contributed by atoms with van der Waals surface area (Å²) in [5.41, 5.74) is -0.758. The summed E-state index contributed by atoms with van der Waals surface area (Å²) in [5.74, 6) is -2.15. The lowest BCUT2D eigenvalue weighted by atomic mass is 9.89. The molecule has 0 fully saturated rings. The Labute approximate surface area is 123 Å². The van der Waals surface area contributed by atoms with Crippen LogP contribution < -0.4 is 10.6 Å². The van der Waals surface area contributed by atoms with Gasteiger partial charge in [-0.15, -0.1) is 0 Å². The van der Waals surface area contributed by atoms with E-state index in [1.807, 2.05) is 13.8 Å². The van der Waals surface area contributed by atoms with Gasteiger partial charge >= 0.3 is 11.8 Å². The molecular weight excluding hydrogens is 275 g/mol. The summed E-state index contributed by atoms with van der Waals surface area (Å²) in [7, 11) is 0. The van der Waals surface area contributed by atoms with E-state index < -0.39 is 23.2 Å². The van der Waals surface area contributed by atoms with Crippen LogP contribution in [0, 0.1) is 11.7 Å². The number of halogens is 1. The number of carbonyl (C=O) groups excluding carboxylic acids is 2. The number of aliphatic hydroxyl groups is 1. The van der Waals surface area contributed by atoms with Crippen molar-refractivity contribution in [3.05, 3.63) is 30.1 Å². The Hall–Kier alpha value is -1.95. The number of hydrogen-bond donors (Lipinski definition) is 3. The highest BCUT2D eigenvalue weighted by Gasteiger charge is 2.28. The van der Waals surface area contributed by atoms with Gasteiger partial charge in [-0.1, -0.05) is 20.3 Å². The van der Waals surface area contributed by atoms with Gasteiger partial charge in [0, 0.05) is 12.2 Å².